The van der Waals surface area contributed by atoms with Gasteiger partial charge in [-0.25, -0.2) is 0 Å². The quantitative estimate of drug-likeness (QED) is 0.478. The van der Waals surface area contributed by atoms with E-state index in [1.807, 2.05) is 54.0 Å². The first-order chi connectivity index (χ1) is 13.7. The number of rotatable bonds is 4. The molecular formula is C23H18N2O2S. The van der Waals surface area contributed by atoms with E-state index in [1.165, 1.54) is 11.3 Å². The first-order valence-corrected chi connectivity index (χ1v) is 9.86. The first-order valence-electron chi connectivity index (χ1n) is 9.04. The number of hydrogen-bond donors (Lipinski definition) is 0. The Hall–Kier alpha value is -3.31. The molecule has 0 fully saturated rings. The SMILES string of the molecule is CCn1c(=NC(=O)c2ccc(C(=O)c3ccccc3)cc2)sc2ccccc21. The molecule has 3 aromatic carbocycles. The molecule has 0 radical (unpaired) electrons. The molecule has 0 atom stereocenters. The molecule has 1 amide bonds. The molecule has 4 nitrogen and oxygen atoms in total. The van der Waals surface area contributed by atoms with Crippen molar-refractivity contribution >= 4 is 33.2 Å². The summed E-state index contributed by atoms with van der Waals surface area (Å²) in [5, 5.41) is 0. The monoisotopic (exact) mass is 386 g/mol. The van der Waals surface area contributed by atoms with E-state index in [4.69, 9.17) is 0 Å². The van der Waals surface area contributed by atoms with Crippen molar-refractivity contribution in [2.75, 3.05) is 0 Å². The molecular weight excluding hydrogens is 368 g/mol. The lowest BCUT2D eigenvalue weighted by Crippen LogP contribution is -2.15. The van der Waals surface area contributed by atoms with Gasteiger partial charge in [-0.2, -0.15) is 4.99 Å². The van der Waals surface area contributed by atoms with Crippen LogP contribution in [0.5, 0.6) is 0 Å². The van der Waals surface area contributed by atoms with Gasteiger partial charge >= 0.3 is 0 Å². The van der Waals surface area contributed by atoms with E-state index in [-0.39, 0.29) is 11.7 Å². The molecule has 0 unspecified atom stereocenters. The Morgan fingerprint density at radius 3 is 2.14 bits per heavy atom. The van der Waals surface area contributed by atoms with Gasteiger partial charge in [-0.1, -0.05) is 65.9 Å². The van der Waals surface area contributed by atoms with Crippen molar-refractivity contribution in [1.29, 1.82) is 0 Å². The molecule has 5 heteroatoms. The Morgan fingerprint density at radius 2 is 1.43 bits per heavy atom. The van der Waals surface area contributed by atoms with E-state index in [0.29, 0.717) is 21.5 Å². The maximum absolute atomic E-state index is 12.7. The third kappa shape index (κ3) is 3.44. The number of nitrogens with zero attached hydrogens (tertiary/aromatic N) is 2. The van der Waals surface area contributed by atoms with Crippen LogP contribution in [-0.2, 0) is 6.54 Å². The predicted octanol–water partition coefficient (Wildman–Crippen LogP) is 4.69. The lowest BCUT2D eigenvalue weighted by molar-refractivity contribution is 0.0994. The molecule has 4 rings (SSSR count). The summed E-state index contributed by atoms with van der Waals surface area (Å²) in [5.41, 5.74) is 2.71. The highest BCUT2D eigenvalue weighted by Gasteiger charge is 2.11. The zero-order valence-corrected chi connectivity index (χ0v) is 16.1. The summed E-state index contributed by atoms with van der Waals surface area (Å²) in [6.45, 7) is 2.77. The minimum atomic E-state index is -0.313. The maximum Gasteiger partial charge on any atom is 0.279 e. The lowest BCUT2D eigenvalue weighted by Gasteiger charge is -2.02. The van der Waals surface area contributed by atoms with Crippen molar-refractivity contribution in [2.24, 2.45) is 4.99 Å². The molecule has 0 aliphatic rings. The van der Waals surface area contributed by atoms with Gasteiger partial charge in [0.15, 0.2) is 10.6 Å². The van der Waals surface area contributed by atoms with Crippen LogP contribution in [0.2, 0.25) is 0 Å². The van der Waals surface area contributed by atoms with Crippen LogP contribution in [-0.4, -0.2) is 16.3 Å². The minimum absolute atomic E-state index is 0.0649. The fourth-order valence-corrected chi connectivity index (χ4v) is 4.18. The van der Waals surface area contributed by atoms with Gasteiger partial charge in [-0.05, 0) is 31.2 Å². The van der Waals surface area contributed by atoms with E-state index >= 15 is 0 Å². The number of para-hydroxylation sites is 1. The number of fused-ring (bicyclic) bond motifs is 1. The van der Waals surface area contributed by atoms with Crippen LogP contribution in [0.15, 0.2) is 83.9 Å². The van der Waals surface area contributed by atoms with Crippen molar-refractivity contribution in [3.05, 3.63) is 100 Å². The maximum atomic E-state index is 12.7. The third-order valence-electron chi connectivity index (χ3n) is 4.53. The Bertz CT molecular complexity index is 1220. The second-order valence-electron chi connectivity index (χ2n) is 6.29. The topological polar surface area (TPSA) is 51.4 Å². The number of amides is 1. The Morgan fingerprint density at radius 1 is 0.821 bits per heavy atom. The largest absolute Gasteiger partial charge is 0.317 e. The van der Waals surface area contributed by atoms with Gasteiger partial charge in [0.25, 0.3) is 5.91 Å². The average molecular weight is 386 g/mol. The summed E-state index contributed by atoms with van der Waals surface area (Å²) in [6.07, 6.45) is 0. The minimum Gasteiger partial charge on any atom is -0.317 e. The van der Waals surface area contributed by atoms with Gasteiger partial charge in [-0.3, -0.25) is 9.59 Å². The number of carbonyl (C=O) groups excluding carboxylic acids is 2. The molecule has 0 spiro atoms. The molecule has 0 aliphatic carbocycles. The summed E-state index contributed by atoms with van der Waals surface area (Å²) >= 11 is 1.50. The predicted molar refractivity (Wildman–Crippen MR) is 112 cm³/mol. The second-order valence-corrected chi connectivity index (χ2v) is 7.30. The Kier molecular flexibility index (Phi) is 5.00. The number of benzene rings is 3. The summed E-state index contributed by atoms with van der Waals surface area (Å²) in [4.78, 5) is 30.1. The second kappa shape index (κ2) is 7.74. The highest BCUT2D eigenvalue weighted by atomic mass is 32.1. The van der Waals surface area contributed by atoms with E-state index in [1.54, 1.807) is 36.4 Å². The first kappa shape index (κ1) is 18.1. The number of ketones is 1. The van der Waals surface area contributed by atoms with Crippen LogP contribution >= 0.6 is 11.3 Å². The number of aromatic nitrogens is 1. The van der Waals surface area contributed by atoms with Crippen LogP contribution in [0.25, 0.3) is 10.2 Å². The zero-order chi connectivity index (χ0) is 19.5. The van der Waals surface area contributed by atoms with Gasteiger partial charge in [-0.15, -0.1) is 0 Å². The fourth-order valence-electron chi connectivity index (χ4n) is 3.08. The normalized spacial score (nSPS) is 11.7. The van der Waals surface area contributed by atoms with Crippen LogP contribution < -0.4 is 4.80 Å². The number of carbonyl (C=O) groups is 2. The Balaban J connectivity index is 1.64. The molecule has 0 aliphatic heterocycles. The van der Waals surface area contributed by atoms with E-state index < -0.39 is 0 Å². The molecule has 138 valence electrons. The molecule has 0 saturated heterocycles. The van der Waals surface area contributed by atoms with Crippen molar-refractivity contribution in [3.8, 4) is 0 Å². The van der Waals surface area contributed by atoms with Gasteiger partial charge < -0.3 is 4.57 Å². The average Bonchev–Trinajstić information content (AvgIpc) is 3.10. The molecule has 1 heterocycles. The lowest BCUT2D eigenvalue weighted by atomic mass is 10.0. The number of aryl methyl sites for hydroxylation is 1. The van der Waals surface area contributed by atoms with Gasteiger partial charge in [0.2, 0.25) is 0 Å². The van der Waals surface area contributed by atoms with Gasteiger partial charge in [0.05, 0.1) is 10.2 Å². The van der Waals surface area contributed by atoms with E-state index in [9.17, 15) is 9.59 Å². The molecule has 0 N–H and O–H groups in total. The molecule has 28 heavy (non-hydrogen) atoms. The van der Waals surface area contributed by atoms with Gasteiger partial charge in [0.1, 0.15) is 0 Å². The highest BCUT2D eigenvalue weighted by molar-refractivity contribution is 7.16. The number of thiazole rings is 1. The van der Waals surface area contributed by atoms with Crippen molar-refractivity contribution < 1.29 is 9.59 Å². The number of hydrogen-bond acceptors (Lipinski definition) is 3. The summed E-state index contributed by atoms with van der Waals surface area (Å²) < 4.78 is 3.13. The van der Waals surface area contributed by atoms with Crippen LogP contribution in [0, 0.1) is 0 Å². The van der Waals surface area contributed by atoms with Crippen LogP contribution in [0.1, 0.15) is 33.2 Å². The van der Waals surface area contributed by atoms with E-state index in [2.05, 4.69) is 4.99 Å². The van der Waals surface area contributed by atoms with Crippen LogP contribution in [0.3, 0.4) is 0 Å². The highest BCUT2D eigenvalue weighted by Crippen LogP contribution is 2.17. The van der Waals surface area contributed by atoms with Crippen molar-refractivity contribution in [3.63, 3.8) is 0 Å². The zero-order valence-electron chi connectivity index (χ0n) is 15.3. The Labute approximate surface area is 166 Å². The molecule has 1 aromatic heterocycles. The summed E-state index contributed by atoms with van der Waals surface area (Å²) in [6, 6.07) is 23.8. The third-order valence-corrected chi connectivity index (χ3v) is 5.59. The van der Waals surface area contributed by atoms with Crippen molar-refractivity contribution in [1.82, 2.24) is 4.57 Å². The fraction of sp³-hybridized carbons (Fsp3) is 0.0870. The molecule has 0 saturated carbocycles. The molecule has 0 bridgehead atoms. The van der Waals surface area contributed by atoms with Crippen LogP contribution in [0.4, 0.5) is 0 Å². The molecule has 4 aromatic rings. The smallest absolute Gasteiger partial charge is 0.279 e. The van der Waals surface area contributed by atoms with E-state index in [0.717, 1.165) is 16.8 Å². The van der Waals surface area contributed by atoms with Gasteiger partial charge in [0, 0.05) is 23.2 Å². The van der Waals surface area contributed by atoms with Crippen molar-refractivity contribution in [2.45, 2.75) is 13.5 Å². The standard InChI is InChI=1S/C23H18N2O2S/c1-2-25-19-10-6-7-11-20(19)28-23(25)24-22(27)18-14-12-17(13-15-18)21(26)16-8-4-3-5-9-16/h3-15H,2H2,1H3. The summed E-state index contributed by atoms with van der Waals surface area (Å²) in [7, 11) is 0. The summed E-state index contributed by atoms with van der Waals surface area (Å²) in [5.74, 6) is -0.377.